The van der Waals surface area contributed by atoms with Gasteiger partial charge in [-0.15, -0.1) is 0 Å². The van der Waals surface area contributed by atoms with Gasteiger partial charge in [-0.05, 0) is 30.3 Å². The van der Waals surface area contributed by atoms with Crippen LogP contribution in [0.25, 0.3) is 22.3 Å². The molecule has 3 aromatic rings. The van der Waals surface area contributed by atoms with Crippen molar-refractivity contribution in [1.29, 1.82) is 0 Å². The highest BCUT2D eigenvalue weighted by atomic mass is 16.4. The third-order valence-electron chi connectivity index (χ3n) is 3.22. The summed E-state index contributed by atoms with van der Waals surface area (Å²) >= 11 is 0. The zero-order valence-electron chi connectivity index (χ0n) is 11.2. The number of carboxylic acids is 2. The summed E-state index contributed by atoms with van der Waals surface area (Å²) in [6.07, 6.45) is 1.58. The lowest BCUT2D eigenvalue weighted by Crippen LogP contribution is -2.06. The fraction of sp³-hybridized carbons (Fsp3) is 0. The highest BCUT2D eigenvalue weighted by Crippen LogP contribution is 2.26. The van der Waals surface area contributed by atoms with E-state index in [1.165, 1.54) is 18.2 Å². The first kappa shape index (κ1) is 13.7. The zero-order valence-corrected chi connectivity index (χ0v) is 11.2. The molecule has 1 aromatic carbocycles. The SMILES string of the molecule is O=C(O)c1cccc2nc(-c3ccccn3)cc(C(=O)O)c12. The Labute approximate surface area is 124 Å². The van der Waals surface area contributed by atoms with E-state index in [1.54, 1.807) is 30.5 Å². The molecule has 0 saturated heterocycles. The van der Waals surface area contributed by atoms with Crippen LogP contribution in [0.15, 0.2) is 48.7 Å². The summed E-state index contributed by atoms with van der Waals surface area (Å²) < 4.78 is 0. The van der Waals surface area contributed by atoms with Crippen LogP contribution in [0.2, 0.25) is 0 Å². The van der Waals surface area contributed by atoms with E-state index in [0.717, 1.165) is 0 Å². The Balaban J connectivity index is 2.38. The molecule has 0 bridgehead atoms. The van der Waals surface area contributed by atoms with Crippen molar-refractivity contribution in [3.05, 3.63) is 59.8 Å². The molecule has 6 heteroatoms. The maximum atomic E-state index is 11.5. The molecule has 0 radical (unpaired) electrons. The summed E-state index contributed by atoms with van der Waals surface area (Å²) in [5.41, 5.74) is 1.01. The lowest BCUT2D eigenvalue weighted by Gasteiger charge is -2.08. The molecule has 2 heterocycles. The predicted molar refractivity (Wildman–Crippen MR) is 78.9 cm³/mol. The normalized spacial score (nSPS) is 10.5. The van der Waals surface area contributed by atoms with E-state index in [0.29, 0.717) is 16.9 Å². The van der Waals surface area contributed by atoms with Crippen molar-refractivity contribution >= 4 is 22.8 Å². The van der Waals surface area contributed by atoms with Gasteiger partial charge in [-0.2, -0.15) is 0 Å². The number of carbonyl (C=O) groups is 2. The van der Waals surface area contributed by atoms with Crippen LogP contribution in [0.4, 0.5) is 0 Å². The first-order chi connectivity index (χ1) is 10.6. The summed E-state index contributed by atoms with van der Waals surface area (Å²) in [6.45, 7) is 0. The van der Waals surface area contributed by atoms with Gasteiger partial charge in [-0.3, -0.25) is 4.98 Å². The van der Waals surface area contributed by atoms with E-state index in [1.807, 2.05) is 0 Å². The number of nitrogens with zero attached hydrogens (tertiary/aromatic N) is 2. The van der Waals surface area contributed by atoms with E-state index in [9.17, 15) is 19.8 Å². The molecule has 0 aliphatic rings. The van der Waals surface area contributed by atoms with Crippen molar-refractivity contribution in [2.24, 2.45) is 0 Å². The second-order valence-electron chi connectivity index (χ2n) is 4.58. The van der Waals surface area contributed by atoms with Crippen LogP contribution in [0.5, 0.6) is 0 Å². The van der Waals surface area contributed by atoms with Gasteiger partial charge in [0, 0.05) is 11.6 Å². The van der Waals surface area contributed by atoms with Crippen LogP contribution < -0.4 is 0 Å². The topological polar surface area (TPSA) is 100 Å². The second kappa shape index (κ2) is 5.25. The van der Waals surface area contributed by atoms with Crippen LogP contribution in [0, 0.1) is 0 Å². The highest BCUT2D eigenvalue weighted by molar-refractivity contribution is 6.12. The minimum Gasteiger partial charge on any atom is -0.478 e. The molecule has 108 valence electrons. The lowest BCUT2D eigenvalue weighted by atomic mass is 10.0. The van der Waals surface area contributed by atoms with Gasteiger partial charge in [0.2, 0.25) is 0 Å². The molecule has 22 heavy (non-hydrogen) atoms. The number of pyridine rings is 2. The molecule has 0 saturated carbocycles. The first-order valence-electron chi connectivity index (χ1n) is 6.39. The van der Waals surface area contributed by atoms with Crippen molar-refractivity contribution in [1.82, 2.24) is 9.97 Å². The first-order valence-corrected chi connectivity index (χ1v) is 6.39. The van der Waals surface area contributed by atoms with Gasteiger partial charge in [0.25, 0.3) is 0 Å². The number of rotatable bonds is 3. The Hall–Kier alpha value is -3.28. The summed E-state index contributed by atoms with van der Waals surface area (Å²) in [4.78, 5) is 31.3. The molecule has 0 spiro atoms. The van der Waals surface area contributed by atoms with Gasteiger partial charge in [0.15, 0.2) is 0 Å². The molecule has 0 aliphatic carbocycles. The fourth-order valence-corrected chi connectivity index (χ4v) is 2.28. The quantitative estimate of drug-likeness (QED) is 0.770. The van der Waals surface area contributed by atoms with E-state index >= 15 is 0 Å². The molecule has 2 N–H and O–H groups in total. The molecule has 0 amide bonds. The van der Waals surface area contributed by atoms with Crippen LogP contribution in [0.1, 0.15) is 20.7 Å². The van der Waals surface area contributed by atoms with Crippen molar-refractivity contribution in [3.63, 3.8) is 0 Å². The lowest BCUT2D eigenvalue weighted by molar-refractivity contribution is 0.0695. The third kappa shape index (κ3) is 2.26. The molecular formula is C16H10N2O4. The molecule has 2 aromatic heterocycles. The Morgan fingerprint density at radius 1 is 0.864 bits per heavy atom. The summed E-state index contributed by atoms with van der Waals surface area (Å²) in [5.74, 6) is -2.40. The maximum absolute atomic E-state index is 11.5. The van der Waals surface area contributed by atoms with Crippen LogP contribution in [-0.4, -0.2) is 32.1 Å². The van der Waals surface area contributed by atoms with Gasteiger partial charge in [0.05, 0.1) is 28.0 Å². The van der Waals surface area contributed by atoms with E-state index < -0.39 is 11.9 Å². The predicted octanol–water partition coefficient (Wildman–Crippen LogP) is 2.69. The standard InChI is InChI=1S/C16H10N2O4/c19-15(20)9-4-3-6-12-14(9)10(16(21)22)8-13(18-12)11-5-1-2-7-17-11/h1-8H,(H,19,20)(H,21,22). The molecule has 0 fully saturated rings. The number of aromatic carboxylic acids is 2. The number of fused-ring (bicyclic) bond motifs is 1. The third-order valence-corrected chi connectivity index (χ3v) is 3.22. The van der Waals surface area contributed by atoms with Crippen molar-refractivity contribution < 1.29 is 19.8 Å². The Kier molecular flexibility index (Phi) is 3.27. The zero-order chi connectivity index (χ0) is 15.7. The smallest absolute Gasteiger partial charge is 0.336 e. The van der Waals surface area contributed by atoms with E-state index in [2.05, 4.69) is 9.97 Å². The minimum atomic E-state index is -1.21. The van der Waals surface area contributed by atoms with E-state index in [4.69, 9.17) is 0 Å². The average Bonchev–Trinajstić information content (AvgIpc) is 2.53. The molecule has 0 aliphatic heterocycles. The number of hydrogen-bond donors (Lipinski definition) is 2. The fourth-order valence-electron chi connectivity index (χ4n) is 2.28. The van der Waals surface area contributed by atoms with Gasteiger partial charge in [-0.1, -0.05) is 12.1 Å². The molecular weight excluding hydrogens is 284 g/mol. The van der Waals surface area contributed by atoms with Crippen molar-refractivity contribution in [3.8, 4) is 11.4 Å². The van der Waals surface area contributed by atoms with Gasteiger partial charge in [-0.25, -0.2) is 14.6 Å². The molecule has 0 atom stereocenters. The average molecular weight is 294 g/mol. The van der Waals surface area contributed by atoms with Gasteiger partial charge in [0.1, 0.15) is 0 Å². The Morgan fingerprint density at radius 2 is 1.64 bits per heavy atom. The largest absolute Gasteiger partial charge is 0.478 e. The molecule has 6 nitrogen and oxygen atoms in total. The maximum Gasteiger partial charge on any atom is 0.336 e. The number of aromatic nitrogens is 2. The van der Waals surface area contributed by atoms with Crippen LogP contribution in [0.3, 0.4) is 0 Å². The van der Waals surface area contributed by atoms with Crippen LogP contribution in [-0.2, 0) is 0 Å². The Bertz CT molecular complexity index is 891. The minimum absolute atomic E-state index is 0.0880. The monoisotopic (exact) mass is 294 g/mol. The molecule has 3 rings (SSSR count). The summed E-state index contributed by atoms with van der Waals surface area (Å²) in [7, 11) is 0. The van der Waals surface area contributed by atoms with Crippen molar-refractivity contribution in [2.75, 3.05) is 0 Å². The van der Waals surface area contributed by atoms with Crippen LogP contribution >= 0.6 is 0 Å². The highest BCUT2D eigenvalue weighted by Gasteiger charge is 2.19. The van der Waals surface area contributed by atoms with Gasteiger partial charge < -0.3 is 10.2 Å². The van der Waals surface area contributed by atoms with Gasteiger partial charge >= 0.3 is 11.9 Å². The van der Waals surface area contributed by atoms with E-state index in [-0.39, 0.29) is 16.5 Å². The summed E-state index contributed by atoms with van der Waals surface area (Å²) in [6, 6.07) is 11.0. The Morgan fingerprint density at radius 3 is 2.27 bits per heavy atom. The second-order valence-corrected chi connectivity index (χ2v) is 4.58. The number of benzene rings is 1. The van der Waals surface area contributed by atoms with Crippen molar-refractivity contribution in [2.45, 2.75) is 0 Å². The number of carboxylic acid groups (broad SMARTS) is 2. The molecule has 0 unspecified atom stereocenters. The number of hydrogen-bond acceptors (Lipinski definition) is 4. The summed E-state index contributed by atoms with van der Waals surface area (Å²) in [5, 5.41) is 18.8.